The Morgan fingerprint density at radius 1 is 1.18 bits per heavy atom. The molecule has 0 atom stereocenters. The van der Waals surface area contributed by atoms with E-state index in [2.05, 4.69) is 30.5 Å². The van der Waals surface area contributed by atoms with Crippen molar-refractivity contribution in [2.45, 2.75) is 19.4 Å². The average molecular weight is 548 g/mol. The standard InChI is InChI=1S/C28H30FN7O2S/c1-35(2)22-5-3-4-19(12-22)24-13-20(23(29)17-32-24)16-30-15-18-7-10-36(11-8-18)27-31-9-6-21(33-27)14-25-26(37)34-28(38)39-25/h3-6,9,12-14,17-18,30H,7-8,10-11,15-16H2,1-2H3,(H,34,37,38)/b25-14-. The van der Waals surface area contributed by atoms with Gasteiger partial charge < -0.3 is 15.1 Å². The fourth-order valence-electron chi connectivity index (χ4n) is 4.62. The number of halogens is 1. The van der Waals surface area contributed by atoms with Crippen molar-refractivity contribution in [1.29, 1.82) is 0 Å². The smallest absolute Gasteiger partial charge is 0.290 e. The van der Waals surface area contributed by atoms with Crippen LogP contribution in [0.15, 0.2) is 53.7 Å². The van der Waals surface area contributed by atoms with Crippen LogP contribution in [0.25, 0.3) is 17.3 Å². The van der Waals surface area contributed by atoms with Crippen molar-refractivity contribution in [3.8, 4) is 11.3 Å². The number of aromatic nitrogens is 3. The third-order valence-corrected chi connectivity index (χ3v) is 7.63. The second kappa shape index (κ2) is 11.9. The molecule has 2 aliphatic heterocycles. The van der Waals surface area contributed by atoms with E-state index < -0.39 is 5.91 Å². The van der Waals surface area contributed by atoms with E-state index in [9.17, 15) is 14.0 Å². The minimum atomic E-state index is -0.403. The van der Waals surface area contributed by atoms with Crippen LogP contribution in [0.5, 0.6) is 0 Å². The highest BCUT2D eigenvalue weighted by molar-refractivity contribution is 8.18. The Morgan fingerprint density at radius 2 is 2.00 bits per heavy atom. The van der Waals surface area contributed by atoms with E-state index in [0.29, 0.717) is 34.6 Å². The lowest BCUT2D eigenvalue weighted by molar-refractivity contribution is -0.115. The van der Waals surface area contributed by atoms with Gasteiger partial charge in [0.15, 0.2) is 0 Å². The molecule has 5 rings (SSSR count). The number of imide groups is 1. The van der Waals surface area contributed by atoms with E-state index >= 15 is 0 Å². The zero-order chi connectivity index (χ0) is 27.4. The number of hydrogen-bond donors (Lipinski definition) is 2. The molecule has 2 saturated heterocycles. The molecule has 0 bridgehead atoms. The lowest BCUT2D eigenvalue weighted by Gasteiger charge is -2.32. The molecule has 0 radical (unpaired) electrons. The number of pyridine rings is 1. The quantitative estimate of drug-likeness (QED) is 0.404. The molecule has 2 aliphatic rings. The summed E-state index contributed by atoms with van der Waals surface area (Å²) in [6.07, 6.45) is 6.48. The lowest BCUT2D eigenvalue weighted by atomic mass is 9.97. The van der Waals surface area contributed by atoms with Gasteiger partial charge in [-0.05, 0) is 67.4 Å². The van der Waals surface area contributed by atoms with Gasteiger partial charge in [-0.1, -0.05) is 12.1 Å². The Balaban J connectivity index is 1.14. The number of rotatable bonds is 8. The minimum absolute atomic E-state index is 0.310. The SMILES string of the molecule is CN(C)c1cccc(-c2cc(CNCC3CCN(c4nccc(/C=C5\SC(=O)NC5=O)n4)CC3)c(F)cn2)c1. The Kier molecular flexibility index (Phi) is 8.18. The second-order valence-corrected chi connectivity index (χ2v) is 10.8. The molecule has 2 amide bonds. The summed E-state index contributed by atoms with van der Waals surface area (Å²) in [5, 5.41) is 5.30. The number of hydrogen-bond acceptors (Lipinski definition) is 9. The highest BCUT2D eigenvalue weighted by Crippen LogP contribution is 2.27. The highest BCUT2D eigenvalue weighted by atomic mass is 32.2. The van der Waals surface area contributed by atoms with Crippen LogP contribution >= 0.6 is 11.8 Å². The molecule has 2 N–H and O–H groups in total. The monoisotopic (exact) mass is 547 g/mol. The van der Waals surface area contributed by atoms with Crippen LogP contribution in [0.2, 0.25) is 0 Å². The number of carbonyl (C=O) groups is 2. The molecule has 2 aromatic heterocycles. The largest absolute Gasteiger partial charge is 0.378 e. The van der Waals surface area contributed by atoms with E-state index in [0.717, 1.165) is 61.2 Å². The maximum absolute atomic E-state index is 14.5. The fraction of sp³-hybridized carbons (Fsp3) is 0.321. The summed E-state index contributed by atoms with van der Waals surface area (Å²) in [6.45, 7) is 2.82. The third-order valence-electron chi connectivity index (χ3n) is 6.82. The molecule has 0 spiro atoms. The maximum atomic E-state index is 14.5. The molecule has 39 heavy (non-hydrogen) atoms. The van der Waals surface area contributed by atoms with Crippen molar-refractivity contribution in [3.05, 3.63) is 70.8 Å². The van der Waals surface area contributed by atoms with Gasteiger partial charge in [-0.2, -0.15) is 0 Å². The van der Waals surface area contributed by atoms with Crippen LogP contribution in [-0.2, 0) is 11.3 Å². The first-order valence-electron chi connectivity index (χ1n) is 12.8. The number of amides is 2. The lowest BCUT2D eigenvalue weighted by Crippen LogP contribution is -2.38. The molecule has 4 heterocycles. The molecule has 202 valence electrons. The van der Waals surface area contributed by atoms with Crippen LogP contribution in [0.1, 0.15) is 24.1 Å². The predicted octanol–water partition coefficient (Wildman–Crippen LogP) is 4.07. The molecule has 0 unspecified atom stereocenters. The Labute approximate surface area is 230 Å². The third kappa shape index (κ3) is 6.61. The fourth-order valence-corrected chi connectivity index (χ4v) is 5.28. The van der Waals surface area contributed by atoms with Gasteiger partial charge in [0.2, 0.25) is 5.95 Å². The Bertz CT molecular complexity index is 1410. The molecule has 3 aromatic rings. The summed E-state index contributed by atoms with van der Waals surface area (Å²) in [5.74, 6) is 0.349. The number of benzene rings is 1. The number of anilines is 2. The van der Waals surface area contributed by atoms with Crippen molar-refractivity contribution >= 4 is 40.6 Å². The van der Waals surface area contributed by atoms with Crippen molar-refractivity contribution in [1.82, 2.24) is 25.6 Å². The first-order chi connectivity index (χ1) is 18.9. The van der Waals surface area contributed by atoms with Crippen LogP contribution < -0.4 is 20.4 Å². The molecule has 0 saturated carbocycles. The zero-order valence-corrected chi connectivity index (χ0v) is 22.7. The molecule has 11 heteroatoms. The van der Waals surface area contributed by atoms with Gasteiger partial charge >= 0.3 is 0 Å². The first-order valence-corrected chi connectivity index (χ1v) is 13.6. The molecule has 1 aromatic carbocycles. The highest BCUT2D eigenvalue weighted by Gasteiger charge is 2.26. The van der Waals surface area contributed by atoms with Crippen molar-refractivity contribution < 1.29 is 14.0 Å². The zero-order valence-electron chi connectivity index (χ0n) is 21.9. The summed E-state index contributed by atoms with van der Waals surface area (Å²) in [7, 11) is 3.97. The molecule has 9 nitrogen and oxygen atoms in total. The van der Waals surface area contributed by atoms with Gasteiger partial charge in [-0.3, -0.25) is 19.9 Å². The van der Waals surface area contributed by atoms with Crippen molar-refractivity contribution in [2.75, 3.05) is 43.5 Å². The van der Waals surface area contributed by atoms with E-state index in [4.69, 9.17) is 0 Å². The van der Waals surface area contributed by atoms with Gasteiger partial charge in [-0.15, -0.1) is 0 Å². The topological polar surface area (TPSA) is 103 Å². The number of nitrogens with one attached hydrogen (secondary N) is 2. The summed E-state index contributed by atoms with van der Waals surface area (Å²) in [5.41, 5.74) is 3.96. The number of thioether (sulfide) groups is 1. The predicted molar refractivity (Wildman–Crippen MR) is 152 cm³/mol. The summed E-state index contributed by atoms with van der Waals surface area (Å²) >= 11 is 0.870. The van der Waals surface area contributed by atoms with Gasteiger partial charge in [0, 0.05) is 56.7 Å². The van der Waals surface area contributed by atoms with Gasteiger partial charge in [0.1, 0.15) is 5.82 Å². The summed E-state index contributed by atoms with van der Waals surface area (Å²) in [4.78, 5) is 41.0. The molecular weight excluding hydrogens is 517 g/mol. The van der Waals surface area contributed by atoms with Crippen LogP contribution in [0.4, 0.5) is 20.8 Å². The van der Waals surface area contributed by atoms with E-state index in [1.807, 2.05) is 49.3 Å². The summed E-state index contributed by atoms with van der Waals surface area (Å²) < 4.78 is 14.5. The maximum Gasteiger partial charge on any atom is 0.290 e. The molecule has 2 fully saturated rings. The summed E-state index contributed by atoms with van der Waals surface area (Å²) in [6, 6.07) is 11.6. The number of carbonyl (C=O) groups excluding carboxylic acids is 2. The van der Waals surface area contributed by atoms with Crippen LogP contribution in [0.3, 0.4) is 0 Å². The Morgan fingerprint density at radius 3 is 2.74 bits per heavy atom. The first kappa shape index (κ1) is 26.8. The van der Waals surface area contributed by atoms with E-state index in [-0.39, 0.29) is 11.1 Å². The van der Waals surface area contributed by atoms with Gasteiger partial charge in [0.25, 0.3) is 11.1 Å². The molecule has 0 aliphatic carbocycles. The average Bonchev–Trinajstić information content (AvgIpc) is 3.26. The van der Waals surface area contributed by atoms with E-state index in [1.165, 1.54) is 6.20 Å². The Hall–Kier alpha value is -3.83. The van der Waals surface area contributed by atoms with Crippen LogP contribution in [-0.4, -0.2) is 59.8 Å². The van der Waals surface area contributed by atoms with Crippen molar-refractivity contribution in [2.24, 2.45) is 5.92 Å². The van der Waals surface area contributed by atoms with E-state index in [1.54, 1.807) is 18.3 Å². The van der Waals surface area contributed by atoms with Crippen LogP contribution in [0, 0.1) is 11.7 Å². The molecular formula is C28H30FN7O2S. The number of nitrogens with zero attached hydrogens (tertiary/aromatic N) is 5. The van der Waals surface area contributed by atoms with Gasteiger partial charge in [-0.25, -0.2) is 14.4 Å². The normalized spacial score (nSPS) is 17.1. The van der Waals surface area contributed by atoms with Gasteiger partial charge in [0.05, 0.1) is 22.5 Å². The van der Waals surface area contributed by atoms with Crippen molar-refractivity contribution in [3.63, 3.8) is 0 Å². The minimum Gasteiger partial charge on any atom is -0.378 e. The number of piperidine rings is 1. The second-order valence-electron chi connectivity index (χ2n) is 9.80.